The number of carbonyl (C=O) groups excluding carboxylic acids is 1. The van der Waals surface area contributed by atoms with Crippen LogP contribution in [-0.4, -0.2) is 27.6 Å². The van der Waals surface area contributed by atoms with Gasteiger partial charge in [0.25, 0.3) is 5.91 Å². The van der Waals surface area contributed by atoms with Crippen LogP contribution in [-0.2, 0) is 11.8 Å². The summed E-state index contributed by atoms with van der Waals surface area (Å²) in [4.78, 5) is 22.7. The summed E-state index contributed by atoms with van der Waals surface area (Å²) in [6, 6.07) is 6.06. The van der Waals surface area contributed by atoms with Gasteiger partial charge >= 0.3 is 5.97 Å². The lowest BCUT2D eigenvalue weighted by atomic mass is 10.2. The van der Waals surface area contributed by atoms with Crippen LogP contribution in [0.15, 0.2) is 24.3 Å². The van der Waals surface area contributed by atoms with E-state index in [9.17, 15) is 9.59 Å². The maximum Gasteiger partial charge on any atom is 0.325 e. The van der Waals surface area contributed by atoms with Gasteiger partial charge in [0.1, 0.15) is 11.7 Å². The maximum atomic E-state index is 12.0. The quantitative estimate of drug-likeness (QED) is 0.904. The molecule has 1 heterocycles. The van der Waals surface area contributed by atoms with Crippen molar-refractivity contribution in [1.82, 2.24) is 9.88 Å². The van der Waals surface area contributed by atoms with E-state index in [1.165, 1.54) is 6.92 Å². The summed E-state index contributed by atoms with van der Waals surface area (Å²) in [5.74, 6) is -1.50. The molecule has 2 aromatic rings. The number of hydrogen-bond donors (Lipinski definition) is 2. The zero-order valence-corrected chi connectivity index (χ0v) is 11.2. The number of aliphatic carboxylic acids is 1. The Labute approximate surface area is 114 Å². The molecule has 0 radical (unpaired) electrons. The zero-order valence-electron chi connectivity index (χ0n) is 10.5. The minimum atomic E-state index is -1.07. The molecule has 0 fully saturated rings. The van der Waals surface area contributed by atoms with E-state index in [1.807, 2.05) is 6.07 Å². The number of nitrogens with one attached hydrogen (secondary N) is 1. The van der Waals surface area contributed by atoms with Gasteiger partial charge < -0.3 is 15.0 Å². The molecule has 2 rings (SSSR count). The molecule has 1 aromatic carbocycles. The van der Waals surface area contributed by atoms with E-state index < -0.39 is 17.9 Å². The number of rotatable bonds is 3. The van der Waals surface area contributed by atoms with Gasteiger partial charge in [-0.15, -0.1) is 0 Å². The molecule has 1 aromatic heterocycles. The molecule has 6 heteroatoms. The third-order valence-electron chi connectivity index (χ3n) is 2.96. The molecule has 2 N–H and O–H groups in total. The molecule has 1 unspecified atom stereocenters. The summed E-state index contributed by atoms with van der Waals surface area (Å²) < 4.78 is 1.70. The van der Waals surface area contributed by atoms with E-state index in [4.69, 9.17) is 16.7 Å². The average Bonchev–Trinajstić information content (AvgIpc) is 2.66. The lowest BCUT2D eigenvalue weighted by Crippen LogP contribution is -2.39. The van der Waals surface area contributed by atoms with Crippen LogP contribution in [0.5, 0.6) is 0 Å². The fourth-order valence-electron chi connectivity index (χ4n) is 1.87. The highest BCUT2D eigenvalue weighted by Crippen LogP contribution is 2.22. The van der Waals surface area contributed by atoms with Gasteiger partial charge in [0.15, 0.2) is 0 Å². The lowest BCUT2D eigenvalue weighted by Gasteiger charge is -2.09. The molecule has 100 valence electrons. The van der Waals surface area contributed by atoms with Crippen molar-refractivity contribution in [2.24, 2.45) is 7.05 Å². The van der Waals surface area contributed by atoms with E-state index >= 15 is 0 Å². The van der Waals surface area contributed by atoms with Crippen LogP contribution in [0, 0.1) is 0 Å². The van der Waals surface area contributed by atoms with Crippen molar-refractivity contribution in [2.75, 3.05) is 0 Å². The Bertz CT molecular complexity index is 663. The lowest BCUT2D eigenvalue weighted by molar-refractivity contribution is -0.138. The normalized spacial score (nSPS) is 12.4. The smallest absolute Gasteiger partial charge is 0.325 e. The van der Waals surface area contributed by atoms with Crippen LogP contribution >= 0.6 is 11.6 Å². The Balaban J connectivity index is 2.37. The first-order valence-electron chi connectivity index (χ1n) is 5.69. The van der Waals surface area contributed by atoms with Gasteiger partial charge in [-0.25, -0.2) is 0 Å². The van der Waals surface area contributed by atoms with Crippen LogP contribution in [0.4, 0.5) is 0 Å². The third kappa shape index (κ3) is 2.56. The molecule has 1 atom stereocenters. The molecule has 0 bridgehead atoms. The number of aryl methyl sites for hydroxylation is 1. The second kappa shape index (κ2) is 4.93. The highest BCUT2D eigenvalue weighted by molar-refractivity contribution is 6.31. The molecule has 1 amide bonds. The number of hydrogen-bond acceptors (Lipinski definition) is 2. The summed E-state index contributed by atoms with van der Waals surface area (Å²) in [5, 5.41) is 12.6. The standard InChI is InChI=1S/C13H13ClN2O3/c1-7(13(18)19)15-12(17)11-6-8-5-9(14)3-4-10(8)16(11)2/h3-7H,1-2H3,(H,15,17)(H,18,19). The zero-order chi connectivity index (χ0) is 14.2. The van der Waals surface area contributed by atoms with Gasteiger partial charge in [-0.05, 0) is 31.2 Å². The Hall–Kier alpha value is -2.01. The van der Waals surface area contributed by atoms with Gasteiger partial charge in [0, 0.05) is 23.0 Å². The predicted octanol–water partition coefficient (Wildman–Crippen LogP) is 2.03. The second-order valence-corrected chi connectivity index (χ2v) is 4.76. The van der Waals surface area contributed by atoms with Crippen molar-refractivity contribution in [3.8, 4) is 0 Å². The van der Waals surface area contributed by atoms with Gasteiger partial charge in [0.05, 0.1) is 0 Å². The van der Waals surface area contributed by atoms with Gasteiger partial charge in [-0.2, -0.15) is 0 Å². The Morgan fingerprint density at radius 3 is 2.68 bits per heavy atom. The summed E-state index contributed by atoms with van der Waals surface area (Å²) in [6.07, 6.45) is 0. The molecule has 0 saturated heterocycles. The number of aromatic nitrogens is 1. The Kier molecular flexibility index (Phi) is 3.48. The average molecular weight is 281 g/mol. The fourth-order valence-corrected chi connectivity index (χ4v) is 2.05. The Morgan fingerprint density at radius 2 is 2.05 bits per heavy atom. The molecular weight excluding hydrogens is 268 g/mol. The van der Waals surface area contributed by atoms with Crippen LogP contribution in [0.2, 0.25) is 5.02 Å². The van der Waals surface area contributed by atoms with E-state index in [0.717, 1.165) is 10.9 Å². The molecule has 0 saturated carbocycles. The number of carboxylic acids is 1. The largest absolute Gasteiger partial charge is 0.480 e. The minimum Gasteiger partial charge on any atom is -0.480 e. The van der Waals surface area contributed by atoms with Crippen LogP contribution in [0.3, 0.4) is 0 Å². The molecular formula is C13H13ClN2O3. The SMILES string of the molecule is CC(NC(=O)c1cc2cc(Cl)ccc2n1C)C(=O)O. The highest BCUT2D eigenvalue weighted by atomic mass is 35.5. The van der Waals surface area contributed by atoms with E-state index in [2.05, 4.69) is 5.32 Å². The van der Waals surface area contributed by atoms with Gasteiger partial charge in [0.2, 0.25) is 0 Å². The number of benzene rings is 1. The number of halogens is 1. The van der Waals surface area contributed by atoms with E-state index in [0.29, 0.717) is 10.7 Å². The topological polar surface area (TPSA) is 71.3 Å². The van der Waals surface area contributed by atoms with Crippen LogP contribution < -0.4 is 5.32 Å². The first-order chi connectivity index (χ1) is 8.90. The predicted molar refractivity (Wildman–Crippen MR) is 72.5 cm³/mol. The first-order valence-corrected chi connectivity index (χ1v) is 6.06. The third-order valence-corrected chi connectivity index (χ3v) is 3.19. The first kappa shape index (κ1) is 13.4. The van der Waals surface area contributed by atoms with E-state index in [-0.39, 0.29) is 0 Å². The molecule has 0 aliphatic heterocycles. The monoisotopic (exact) mass is 280 g/mol. The molecule has 5 nitrogen and oxygen atoms in total. The van der Waals surface area contributed by atoms with E-state index in [1.54, 1.807) is 29.8 Å². The van der Waals surface area contributed by atoms with Crippen molar-refractivity contribution in [2.45, 2.75) is 13.0 Å². The number of fused-ring (bicyclic) bond motifs is 1. The number of carbonyl (C=O) groups is 2. The summed E-state index contributed by atoms with van der Waals surface area (Å²) >= 11 is 5.90. The summed E-state index contributed by atoms with van der Waals surface area (Å²) in [7, 11) is 1.75. The molecule has 0 aliphatic rings. The molecule has 0 aliphatic carbocycles. The number of nitrogens with zero attached hydrogens (tertiary/aromatic N) is 1. The van der Waals surface area contributed by atoms with Crippen molar-refractivity contribution in [3.05, 3.63) is 35.0 Å². The highest BCUT2D eigenvalue weighted by Gasteiger charge is 2.18. The van der Waals surface area contributed by atoms with Crippen molar-refractivity contribution in [1.29, 1.82) is 0 Å². The van der Waals surface area contributed by atoms with Crippen LogP contribution in [0.1, 0.15) is 17.4 Å². The number of amides is 1. The Morgan fingerprint density at radius 1 is 1.37 bits per heavy atom. The minimum absolute atomic E-state index is 0.394. The molecule has 19 heavy (non-hydrogen) atoms. The maximum absolute atomic E-state index is 12.0. The fraction of sp³-hybridized carbons (Fsp3) is 0.231. The molecule has 0 spiro atoms. The van der Waals surface area contributed by atoms with Crippen molar-refractivity contribution < 1.29 is 14.7 Å². The van der Waals surface area contributed by atoms with Gasteiger partial charge in [-0.3, -0.25) is 9.59 Å². The van der Waals surface area contributed by atoms with Gasteiger partial charge in [-0.1, -0.05) is 11.6 Å². The van der Waals surface area contributed by atoms with Crippen molar-refractivity contribution in [3.63, 3.8) is 0 Å². The number of carboxylic acid groups (broad SMARTS) is 1. The van der Waals surface area contributed by atoms with Crippen molar-refractivity contribution >= 4 is 34.4 Å². The second-order valence-electron chi connectivity index (χ2n) is 4.33. The summed E-state index contributed by atoms with van der Waals surface area (Å²) in [5.41, 5.74) is 1.25. The van der Waals surface area contributed by atoms with Crippen LogP contribution in [0.25, 0.3) is 10.9 Å². The summed E-state index contributed by atoms with van der Waals surface area (Å²) in [6.45, 7) is 1.42.